The van der Waals surface area contributed by atoms with Crippen molar-refractivity contribution in [2.45, 2.75) is 19.2 Å². The smallest absolute Gasteiger partial charge is 0.747 e. The maximum atomic E-state index is 10.1. The van der Waals surface area contributed by atoms with Crippen LogP contribution in [0.5, 0.6) is 0 Å². The first kappa shape index (κ1) is 14.1. The number of rotatable bonds is 3. The van der Waals surface area contributed by atoms with Crippen LogP contribution in [0, 0.1) is 0 Å². The van der Waals surface area contributed by atoms with E-state index < -0.39 is 15.5 Å². The average molecular weight is 191 g/mol. The Balaban J connectivity index is 0. The largest absolute Gasteiger partial charge is 1.00 e. The predicted molar refractivity (Wildman–Crippen MR) is 32.8 cm³/mol. The molecule has 0 bridgehead atoms. The van der Waals surface area contributed by atoms with Gasteiger partial charge in [-0.05, 0) is 13.5 Å². The molecule has 0 spiro atoms. The minimum Gasteiger partial charge on any atom is -0.747 e. The Morgan fingerprint density at radius 2 is 2.00 bits per heavy atom. The van der Waals surface area contributed by atoms with E-state index in [2.05, 4.69) is 5.32 Å². The zero-order chi connectivity index (χ0) is 7.49. The molecule has 0 aliphatic rings. The predicted octanol–water partition coefficient (Wildman–Crippen LogP) is -3.51. The van der Waals surface area contributed by atoms with Crippen molar-refractivity contribution in [1.82, 2.24) is 5.32 Å². The van der Waals surface area contributed by atoms with Gasteiger partial charge in [0.1, 0.15) is 10.1 Å². The summed E-state index contributed by atoms with van der Waals surface area (Å²) in [5.41, 5.74) is 0. The van der Waals surface area contributed by atoms with Crippen LogP contribution >= 0.6 is 0 Å². The molecule has 0 saturated carbocycles. The van der Waals surface area contributed by atoms with Crippen LogP contribution in [0.3, 0.4) is 0 Å². The fourth-order valence-electron chi connectivity index (χ4n) is 0.390. The van der Waals surface area contributed by atoms with Crippen LogP contribution < -0.4 is 56.7 Å². The molecular formula is C4H10KNO3S. The topological polar surface area (TPSA) is 69.2 Å². The molecule has 0 radical (unpaired) electrons. The van der Waals surface area contributed by atoms with Crippen molar-refractivity contribution >= 4 is 10.1 Å². The van der Waals surface area contributed by atoms with Gasteiger partial charge < -0.3 is 9.87 Å². The standard InChI is InChI=1S/C4H11NO3S.K/c1-3-5-4(2)9(6,7)8;/h4-5H,3H2,1-2H3,(H,6,7,8);/q;+1/p-1. The van der Waals surface area contributed by atoms with Gasteiger partial charge in [0, 0.05) is 0 Å². The molecule has 4 nitrogen and oxygen atoms in total. The molecule has 0 aromatic rings. The van der Waals surface area contributed by atoms with E-state index >= 15 is 0 Å². The fourth-order valence-corrected chi connectivity index (χ4v) is 0.760. The van der Waals surface area contributed by atoms with Gasteiger partial charge in [0.05, 0.1) is 5.37 Å². The Morgan fingerprint density at radius 1 is 1.60 bits per heavy atom. The van der Waals surface area contributed by atoms with Crippen LogP contribution in [-0.2, 0) is 10.1 Å². The molecule has 0 saturated heterocycles. The molecule has 10 heavy (non-hydrogen) atoms. The maximum absolute atomic E-state index is 10.1. The number of hydrogen-bond acceptors (Lipinski definition) is 4. The van der Waals surface area contributed by atoms with Crippen LogP contribution in [0.1, 0.15) is 13.8 Å². The van der Waals surface area contributed by atoms with Gasteiger partial charge in [-0.1, -0.05) is 6.92 Å². The van der Waals surface area contributed by atoms with Crippen molar-refractivity contribution < 1.29 is 64.4 Å². The quantitative estimate of drug-likeness (QED) is 0.371. The second kappa shape index (κ2) is 6.07. The van der Waals surface area contributed by atoms with Gasteiger partial charge in [-0.2, -0.15) is 0 Å². The zero-order valence-electron chi connectivity index (χ0n) is 6.42. The Morgan fingerprint density at radius 3 is 2.10 bits per heavy atom. The summed E-state index contributed by atoms with van der Waals surface area (Å²) in [5, 5.41) is 1.52. The molecule has 0 aliphatic heterocycles. The minimum absolute atomic E-state index is 0. The van der Waals surface area contributed by atoms with E-state index in [0.717, 1.165) is 0 Å². The molecule has 0 amide bonds. The van der Waals surface area contributed by atoms with Gasteiger partial charge in [0.25, 0.3) is 0 Å². The summed E-state index contributed by atoms with van der Waals surface area (Å²) in [5.74, 6) is 0. The Hall–Kier alpha value is 1.51. The van der Waals surface area contributed by atoms with Crippen molar-refractivity contribution in [1.29, 1.82) is 0 Å². The Bertz CT molecular complexity index is 167. The van der Waals surface area contributed by atoms with Gasteiger partial charge in [-0.25, -0.2) is 8.42 Å². The molecule has 6 heteroatoms. The average Bonchev–Trinajstić information content (AvgIpc) is 1.64. The molecule has 1 N–H and O–H groups in total. The Labute approximate surface area is 104 Å². The number of hydrogen-bond donors (Lipinski definition) is 1. The van der Waals surface area contributed by atoms with Crippen molar-refractivity contribution in [2.24, 2.45) is 0 Å². The van der Waals surface area contributed by atoms with Crippen LogP contribution in [0.4, 0.5) is 0 Å². The third-order valence-corrected chi connectivity index (χ3v) is 1.96. The molecule has 1 atom stereocenters. The second-order valence-electron chi connectivity index (χ2n) is 1.69. The first-order valence-electron chi connectivity index (χ1n) is 2.66. The van der Waals surface area contributed by atoms with Gasteiger partial charge in [0.2, 0.25) is 0 Å². The van der Waals surface area contributed by atoms with Crippen molar-refractivity contribution in [3.05, 3.63) is 0 Å². The molecular weight excluding hydrogens is 181 g/mol. The van der Waals surface area contributed by atoms with Crippen molar-refractivity contribution in [2.75, 3.05) is 6.54 Å². The summed E-state index contributed by atoms with van der Waals surface area (Å²) in [6.07, 6.45) is 0. The zero-order valence-corrected chi connectivity index (χ0v) is 10.4. The molecule has 0 heterocycles. The van der Waals surface area contributed by atoms with Crippen molar-refractivity contribution in [3.8, 4) is 0 Å². The van der Waals surface area contributed by atoms with Gasteiger partial charge >= 0.3 is 51.4 Å². The molecule has 0 aromatic carbocycles. The molecule has 0 fully saturated rings. The fraction of sp³-hybridized carbons (Fsp3) is 1.00. The van der Waals surface area contributed by atoms with Crippen LogP contribution in [-0.4, -0.2) is 24.9 Å². The summed E-state index contributed by atoms with van der Waals surface area (Å²) in [7, 11) is -4.13. The first-order chi connectivity index (χ1) is 3.98. The molecule has 56 valence electrons. The molecule has 1 unspecified atom stereocenters. The third-order valence-electron chi connectivity index (χ3n) is 0.925. The second-order valence-corrected chi connectivity index (χ2v) is 3.39. The van der Waals surface area contributed by atoms with Crippen LogP contribution in [0.2, 0.25) is 0 Å². The summed E-state index contributed by atoms with van der Waals surface area (Å²) in [6.45, 7) is 3.55. The monoisotopic (exact) mass is 191 g/mol. The van der Waals surface area contributed by atoms with Gasteiger partial charge in [-0.15, -0.1) is 0 Å². The van der Waals surface area contributed by atoms with E-state index in [1.165, 1.54) is 6.92 Å². The van der Waals surface area contributed by atoms with E-state index in [9.17, 15) is 13.0 Å². The molecule has 0 aromatic heterocycles. The van der Waals surface area contributed by atoms with Crippen LogP contribution in [0.25, 0.3) is 0 Å². The molecule has 0 aliphatic carbocycles. The summed E-state index contributed by atoms with van der Waals surface area (Å²) in [4.78, 5) is 0. The van der Waals surface area contributed by atoms with E-state index in [-0.39, 0.29) is 51.4 Å². The summed E-state index contributed by atoms with van der Waals surface area (Å²) >= 11 is 0. The SMILES string of the molecule is CCNC(C)S(=O)(=O)[O-].[K+]. The van der Waals surface area contributed by atoms with E-state index in [4.69, 9.17) is 0 Å². The van der Waals surface area contributed by atoms with E-state index in [1.54, 1.807) is 6.92 Å². The molecule has 0 rings (SSSR count). The number of nitrogens with one attached hydrogen (secondary N) is 1. The van der Waals surface area contributed by atoms with E-state index in [0.29, 0.717) is 6.54 Å². The summed E-state index contributed by atoms with van der Waals surface area (Å²) in [6, 6.07) is 0. The van der Waals surface area contributed by atoms with Crippen molar-refractivity contribution in [3.63, 3.8) is 0 Å². The minimum atomic E-state index is -4.13. The summed E-state index contributed by atoms with van der Waals surface area (Å²) < 4.78 is 30.3. The first-order valence-corrected chi connectivity index (χ1v) is 4.13. The van der Waals surface area contributed by atoms with Gasteiger partial charge in [0.15, 0.2) is 0 Å². The van der Waals surface area contributed by atoms with E-state index in [1.807, 2.05) is 0 Å². The normalized spacial score (nSPS) is 13.9. The third kappa shape index (κ3) is 6.23. The van der Waals surface area contributed by atoms with Crippen LogP contribution in [0.15, 0.2) is 0 Å². The van der Waals surface area contributed by atoms with Gasteiger partial charge in [-0.3, -0.25) is 0 Å². The Kier molecular flexibility index (Phi) is 8.53. The maximum Gasteiger partial charge on any atom is 1.00 e.